The zero-order valence-electron chi connectivity index (χ0n) is 22.1. The summed E-state index contributed by atoms with van der Waals surface area (Å²) in [5, 5.41) is 8.35. The zero-order chi connectivity index (χ0) is 28.2. The number of aromatic nitrogens is 1. The van der Waals surface area contributed by atoms with Gasteiger partial charge >= 0.3 is 6.18 Å². The Bertz CT molecular complexity index is 1300. The van der Waals surface area contributed by atoms with Gasteiger partial charge in [0.15, 0.2) is 0 Å². The van der Waals surface area contributed by atoms with Crippen molar-refractivity contribution in [1.29, 1.82) is 0 Å². The second kappa shape index (κ2) is 12.2. The fraction of sp³-hybridized carbons (Fsp3) is 0.414. The maximum absolute atomic E-state index is 12.8. The van der Waals surface area contributed by atoms with E-state index in [-0.39, 0.29) is 30.2 Å². The van der Waals surface area contributed by atoms with Gasteiger partial charge in [0.05, 0.1) is 5.56 Å². The number of rotatable bonds is 8. The number of amides is 2. The van der Waals surface area contributed by atoms with Crippen molar-refractivity contribution in [3.63, 3.8) is 0 Å². The minimum Gasteiger partial charge on any atom is -0.486 e. The summed E-state index contributed by atoms with van der Waals surface area (Å²) in [7, 11) is 0. The van der Waals surface area contributed by atoms with Crippen LogP contribution in [0, 0.1) is 6.92 Å². The highest BCUT2D eigenvalue weighted by Crippen LogP contribution is 2.30. The number of thiazole rings is 1. The van der Waals surface area contributed by atoms with Gasteiger partial charge in [0, 0.05) is 23.0 Å². The molecule has 0 saturated heterocycles. The summed E-state index contributed by atoms with van der Waals surface area (Å²) in [6, 6.07) is 10.2. The lowest BCUT2D eigenvalue weighted by molar-refractivity contribution is -0.137. The number of halogens is 3. The highest BCUT2D eigenvalue weighted by atomic mass is 32.1. The lowest BCUT2D eigenvalue weighted by atomic mass is 9.91. The van der Waals surface area contributed by atoms with Crippen LogP contribution in [-0.2, 0) is 12.8 Å². The predicted octanol–water partition coefficient (Wildman–Crippen LogP) is 6.64. The lowest BCUT2D eigenvalue weighted by Gasteiger charge is -2.29. The van der Waals surface area contributed by atoms with Crippen LogP contribution in [-0.4, -0.2) is 28.9 Å². The monoisotopic (exact) mass is 559 g/mol. The Morgan fingerprint density at radius 1 is 1.00 bits per heavy atom. The summed E-state index contributed by atoms with van der Waals surface area (Å²) < 4.78 is 44.3. The molecule has 1 fully saturated rings. The van der Waals surface area contributed by atoms with E-state index >= 15 is 0 Å². The van der Waals surface area contributed by atoms with Crippen molar-refractivity contribution in [2.45, 2.75) is 77.2 Å². The third-order valence-corrected chi connectivity index (χ3v) is 7.62. The van der Waals surface area contributed by atoms with Crippen molar-refractivity contribution in [3.8, 4) is 5.75 Å². The highest BCUT2D eigenvalue weighted by Gasteiger charge is 2.30. The van der Waals surface area contributed by atoms with Crippen LogP contribution in [0.1, 0.15) is 88.0 Å². The number of ether oxygens (including phenoxy) is 1. The molecule has 2 aromatic carbocycles. The van der Waals surface area contributed by atoms with E-state index in [9.17, 15) is 22.8 Å². The van der Waals surface area contributed by atoms with Gasteiger partial charge in [-0.15, -0.1) is 11.3 Å². The number of hydrogen-bond acceptors (Lipinski definition) is 5. The molecule has 4 rings (SSSR count). The Hall–Kier alpha value is -3.40. The third-order valence-electron chi connectivity index (χ3n) is 6.80. The van der Waals surface area contributed by atoms with Gasteiger partial charge in [-0.25, -0.2) is 4.98 Å². The minimum atomic E-state index is -4.44. The molecule has 6 nitrogen and oxygen atoms in total. The third kappa shape index (κ3) is 7.59. The van der Waals surface area contributed by atoms with Gasteiger partial charge in [0.25, 0.3) is 11.8 Å². The Labute approximate surface area is 230 Å². The fourth-order valence-corrected chi connectivity index (χ4v) is 5.27. The molecule has 1 aliphatic carbocycles. The van der Waals surface area contributed by atoms with Crippen LogP contribution in [0.4, 0.5) is 13.2 Å². The summed E-state index contributed by atoms with van der Waals surface area (Å²) in [5.41, 5.74) is 1.99. The molecule has 208 valence electrons. The van der Waals surface area contributed by atoms with Crippen molar-refractivity contribution in [2.75, 3.05) is 0 Å². The van der Waals surface area contributed by atoms with E-state index in [0.29, 0.717) is 42.3 Å². The van der Waals surface area contributed by atoms with Crippen LogP contribution in [0.15, 0.2) is 47.8 Å². The molecule has 0 bridgehead atoms. The Kier molecular flexibility index (Phi) is 8.94. The van der Waals surface area contributed by atoms with Crippen molar-refractivity contribution in [2.24, 2.45) is 0 Å². The maximum atomic E-state index is 12.8. The first-order valence-electron chi connectivity index (χ1n) is 13.0. The van der Waals surface area contributed by atoms with E-state index in [2.05, 4.69) is 41.6 Å². The van der Waals surface area contributed by atoms with Crippen LogP contribution in [0.25, 0.3) is 0 Å². The number of nitrogens with zero attached hydrogens (tertiary/aromatic N) is 1. The largest absolute Gasteiger partial charge is 0.486 e. The number of benzene rings is 2. The second-order valence-electron chi connectivity index (χ2n) is 10.2. The molecule has 2 amide bonds. The smallest absolute Gasteiger partial charge is 0.416 e. The first-order chi connectivity index (χ1) is 18.5. The molecule has 0 spiro atoms. The number of nitrogens with one attached hydrogen (secondary N) is 2. The first kappa shape index (κ1) is 28.6. The molecule has 0 unspecified atom stereocenters. The lowest BCUT2D eigenvalue weighted by Crippen LogP contribution is -2.43. The Morgan fingerprint density at radius 3 is 2.21 bits per heavy atom. The number of carbonyl (C=O) groups excluding carboxylic acids is 2. The predicted molar refractivity (Wildman–Crippen MR) is 144 cm³/mol. The van der Waals surface area contributed by atoms with E-state index in [4.69, 9.17) is 4.74 Å². The van der Waals surface area contributed by atoms with Gasteiger partial charge in [-0.2, -0.15) is 13.2 Å². The molecule has 0 radical (unpaired) electrons. The van der Waals surface area contributed by atoms with Gasteiger partial charge in [-0.1, -0.05) is 26.0 Å². The molecule has 1 aromatic heterocycles. The molecule has 39 heavy (non-hydrogen) atoms. The average Bonchev–Trinajstić information content (AvgIpc) is 3.37. The van der Waals surface area contributed by atoms with E-state index in [1.54, 1.807) is 5.38 Å². The quantitative estimate of drug-likeness (QED) is 0.324. The Balaban J connectivity index is 1.23. The molecule has 0 atom stereocenters. The molecule has 10 heteroatoms. The summed E-state index contributed by atoms with van der Waals surface area (Å²) in [5.74, 6) is 0.507. The summed E-state index contributed by atoms with van der Waals surface area (Å²) in [6.07, 6.45) is -1.78. The molecule has 1 saturated carbocycles. The second-order valence-corrected chi connectivity index (χ2v) is 11.1. The first-order valence-corrected chi connectivity index (χ1v) is 13.8. The van der Waals surface area contributed by atoms with Crippen molar-refractivity contribution < 1.29 is 27.5 Å². The number of alkyl halides is 3. The van der Waals surface area contributed by atoms with Gasteiger partial charge in [-0.05, 0) is 80.0 Å². The fourth-order valence-electron chi connectivity index (χ4n) is 4.59. The highest BCUT2D eigenvalue weighted by molar-refractivity contribution is 7.09. The van der Waals surface area contributed by atoms with E-state index in [1.165, 1.54) is 23.5 Å². The van der Waals surface area contributed by atoms with Crippen molar-refractivity contribution >= 4 is 23.2 Å². The van der Waals surface area contributed by atoms with Crippen LogP contribution in [0.3, 0.4) is 0 Å². The number of aryl methyl sites for hydroxylation is 1. The Morgan fingerprint density at radius 2 is 1.62 bits per heavy atom. The number of carbonyl (C=O) groups is 2. The topological polar surface area (TPSA) is 80.3 Å². The standard InChI is InChI=1S/C29H32F3N3O3S/c1-17(2)23-13-4-18(3)14-25(23)38-15-26-35-24(16-39-26)28(37)34-22-11-9-21(10-12-22)33-27(36)19-5-7-20(8-6-19)29(30,31)32/h4-8,13-14,16-17,21-22H,9-12,15H2,1-3H3,(H,33,36)(H,34,37). The molecule has 2 N–H and O–H groups in total. The minimum absolute atomic E-state index is 0.0426. The molecule has 1 aliphatic rings. The van der Waals surface area contributed by atoms with Crippen LogP contribution >= 0.6 is 11.3 Å². The van der Waals surface area contributed by atoms with E-state index in [0.717, 1.165) is 29.0 Å². The van der Waals surface area contributed by atoms with Crippen molar-refractivity contribution in [1.82, 2.24) is 15.6 Å². The summed E-state index contributed by atoms with van der Waals surface area (Å²) in [4.78, 5) is 29.7. The van der Waals surface area contributed by atoms with E-state index in [1.807, 2.05) is 13.0 Å². The molecular weight excluding hydrogens is 527 g/mol. The molecule has 3 aromatic rings. The number of hydrogen-bond donors (Lipinski definition) is 2. The van der Waals surface area contributed by atoms with Crippen LogP contribution in [0.2, 0.25) is 0 Å². The maximum Gasteiger partial charge on any atom is 0.416 e. The SMILES string of the molecule is Cc1ccc(C(C)C)c(OCc2nc(C(=O)NC3CCC(NC(=O)c4ccc(C(F)(F)F)cc4)CC3)cs2)c1. The summed E-state index contributed by atoms with van der Waals surface area (Å²) in [6.45, 7) is 6.53. The average molecular weight is 560 g/mol. The van der Waals surface area contributed by atoms with Crippen molar-refractivity contribution in [3.05, 3.63) is 80.8 Å². The van der Waals surface area contributed by atoms with Gasteiger partial charge in [-0.3, -0.25) is 9.59 Å². The zero-order valence-corrected chi connectivity index (χ0v) is 22.9. The van der Waals surface area contributed by atoms with Gasteiger partial charge < -0.3 is 15.4 Å². The molecule has 0 aliphatic heterocycles. The van der Waals surface area contributed by atoms with Crippen LogP contribution in [0.5, 0.6) is 5.75 Å². The normalized spacial score (nSPS) is 17.6. The summed E-state index contributed by atoms with van der Waals surface area (Å²) >= 11 is 1.38. The van der Waals surface area contributed by atoms with E-state index < -0.39 is 17.6 Å². The van der Waals surface area contributed by atoms with Crippen LogP contribution < -0.4 is 15.4 Å². The molecular formula is C29H32F3N3O3S. The van der Waals surface area contributed by atoms with Gasteiger partial charge in [0.2, 0.25) is 0 Å². The van der Waals surface area contributed by atoms with Gasteiger partial charge in [0.1, 0.15) is 23.1 Å². The molecule has 1 heterocycles.